The summed E-state index contributed by atoms with van der Waals surface area (Å²) in [5.74, 6) is 0.959. The molecule has 0 bridgehead atoms. The van der Waals surface area contributed by atoms with Gasteiger partial charge in [-0.15, -0.1) is 0 Å². The van der Waals surface area contributed by atoms with Gasteiger partial charge in [0.25, 0.3) is 0 Å². The summed E-state index contributed by atoms with van der Waals surface area (Å²) in [6, 6.07) is 9.67. The Kier molecular flexibility index (Phi) is 5.86. The number of nitrogens with two attached hydrogens (primary N) is 1. The van der Waals surface area contributed by atoms with E-state index in [-0.39, 0.29) is 0 Å². The molecule has 2 atom stereocenters. The van der Waals surface area contributed by atoms with Crippen molar-refractivity contribution in [1.82, 2.24) is 4.90 Å². The summed E-state index contributed by atoms with van der Waals surface area (Å²) in [5.41, 5.74) is 7.14. The zero-order chi connectivity index (χ0) is 14.4. The van der Waals surface area contributed by atoms with E-state index in [1.165, 1.54) is 31.4 Å². The second kappa shape index (κ2) is 7.65. The van der Waals surface area contributed by atoms with Crippen molar-refractivity contribution in [3.8, 4) is 5.75 Å². The first-order valence-electron chi connectivity index (χ1n) is 7.94. The first-order chi connectivity index (χ1) is 9.76. The minimum absolute atomic E-state index is 0.461. The summed E-state index contributed by atoms with van der Waals surface area (Å²) in [6.07, 6.45) is 5.06. The molecule has 1 heterocycles. The second-order valence-corrected chi connectivity index (χ2v) is 5.64. The smallest absolute Gasteiger partial charge is 0.119 e. The number of hydrogen-bond donors (Lipinski definition) is 1. The third-order valence-electron chi connectivity index (χ3n) is 4.34. The van der Waals surface area contributed by atoms with Crippen LogP contribution in [0.4, 0.5) is 0 Å². The van der Waals surface area contributed by atoms with E-state index < -0.39 is 0 Å². The molecule has 1 fully saturated rings. The van der Waals surface area contributed by atoms with Crippen molar-refractivity contribution in [2.45, 2.75) is 51.6 Å². The fourth-order valence-corrected chi connectivity index (χ4v) is 3.24. The van der Waals surface area contributed by atoms with Gasteiger partial charge in [-0.25, -0.2) is 0 Å². The minimum Gasteiger partial charge on any atom is -0.494 e. The standard InChI is InChI=1S/C17H28N2O/c1-3-20-17-9-7-15(8-10-17)14(2)19-13-5-4-6-16(19)11-12-18/h7-10,14,16H,3-6,11-13,18H2,1-2H3. The van der Waals surface area contributed by atoms with Gasteiger partial charge >= 0.3 is 0 Å². The number of likely N-dealkylation sites (tertiary alicyclic amines) is 1. The van der Waals surface area contributed by atoms with Gasteiger partial charge in [-0.1, -0.05) is 18.6 Å². The number of hydrogen-bond acceptors (Lipinski definition) is 3. The SMILES string of the molecule is CCOc1ccc(C(C)N2CCCCC2CCN)cc1. The lowest BCUT2D eigenvalue weighted by Gasteiger charge is -2.40. The van der Waals surface area contributed by atoms with Crippen LogP contribution in [0.1, 0.15) is 51.1 Å². The first kappa shape index (κ1) is 15.3. The largest absolute Gasteiger partial charge is 0.494 e. The minimum atomic E-state index is 0.461. The molecule has 0 aromatic heterocycles. The second-order valence-electron chi connectivity index (χ2n) is 5.64. The van der Waals surface area contributed by atoms with Crippen LogP contribution in [-0.2, 0) is 0 Å². The van der Waals surface area contributed by atoms with Gasteiger partial charge in [-0.05, 0) is 63.9 Å². The summed E-state index contributed by atoms with van der Waals surface area (Å²) < 4.78 is 5.52. The van der Waals surface area contributed by atoms with Crippen LogP contribution < -0.4 is 10.5 Å². The molecule has 0 spiro atoms. The van der Waals surface area contributed by atoms with Gasteiger partial charge in [0.05, 0.1) is 6.61 Å². The highest BCUT2D eigenvalue weighted by Crippen LogP contribution is 2.30. The van der Waals surface area contributed by atoms with E-state index in [0.717, 1.165) is 25.3 Å². The van der Waals surface area contributed by atoms with Crippen LogP contribution in [0.5, 0.6) is 5.75 Å². The Balaban J connectivity index is 2.05. The Hall–Kier alpha value is -1.06. The summed E-state index contributed by atoms with van der Waals surface area (Å²) in [6.45, 7) is 7.03. The number of piperidine rings is 1. The van der Waals surface area contributed by atoms with E-state index in [1.54, 1.807) is 0 Å². The summed E-state index contributed by atoms with van der Waals surface area (Å²) in [5, 5.41) is 0. The highest BCUT2D eigenvalue weighted by atomic mass is 16.5. The summed E-state index contributed by atoms with van der Waals surface area (Å²) >= 11 is 0. The van der Waals surface area contributed by atoms with Crippen LogP contribution >= 0.6 is 0 Å². The van der Waals surface area contributed by atoms with Crippen LogP contribution in [0.2, 0.25) is 0 Å². The molecule has 1 aromatic carbocycles. The molecule has 2 unspecified atom stereocenters. The fraction of sp³-hybridized carbons (Fsp3) is 0.647. The van der Waals surface area contributed by atoms with Crippen LogP contribution in [0, 0.1) is 0 Å². The zero-order valence-corrected chi connectivity index (χ0v) is 12.8. The number of benzene rings is 1. The fourth-order valence-electron chi connectivity index (χ4n) is 3.24. The van der Waals surface area contributed by atoms with E-state index >= 15 is 0 Å². The van der Waals surface area contributed by atoms with E-state index in [2.05, 4.69) is 36.1 Å². The third-order valence-corrected chi connectivity index (χ3v) is 4.34. The van der Waals surface area contributed by atoms with Crippen molar-refractivity contribution in [1.29, 1.82) is 0 Å². The van der Waals surface area contributed by atoms with Gasteiger partial charge in [-0.3, -0.25) is 4.90 Å². The Labute approximate surface area is 123 Å². The van der Waals surface area contributed by atoms with Gasteiger partial charge in [0.15, 0.2) is 0 Å². The molecule has 0 aliphatic carbocycles. The quantitative estimate of drug-likeness (QED) is 0.866. The maximum atomic E-state index is 5.77. The van der Waals surface area contributed by atoms with Crippen molar-refractivity contribution in [2.75, 3.05) is 19.7 Å². The normalized spacial score (nSPS) is 21.6. The molecule has 3 heteroatoms. The molecule has 0 radical (unpaired) electrons. The maximum Gasteiger partial charge on any atom is 0.119 e. The zero-order valence-electron chi connectivity index (χ0n) is 12.8. The number of ether oxygens (including phenoxy) is 1. The number of nitrogens with zero attached hydrogens (tertiary/aromatic N) is 1. The molecule has 2 N–H and O–H groups in total. The van der Waals surface area contributed by atoms with Gasteiger partial charge in [-0.2, -0.15) is 0 Å². The topological polar surface area (TPSA) is 38.5 Å². The molecule has 1 saturated heterocycles. The van der Waals surface area contributed by atoms with Crippen molar-refractivity contribution in [2.24, 2.45) is 5.73 Å². The average Bonchev–Trinajstić information content (AvgIpc) is 2.49. The molecule has 1 aromatic rings. The molecular formula is C17H28N2O. The highest BCUT2D eigenvalue weighted by molar-refractivity contribution is 5.29. The van der Waals surface area contributed by atoms with Crippen molar-refractivity contribution in [3.05, 3.63) is 29.8 Å². The Morgan fingerprint density at radius 2 is 2.05 bits per heavy atom. The van der Waals surface area contributed by atoms with E-state index in [9.17, 15) is 0 Å². The molecule has 112 valence electrons. The lowest BCUT2D eigenvalue weighted by Crippen LogP contribution is -2.42. The Bertz CT molecular complexity index is 388. The molecule has 2 rings (SSSR count). The van der Waals surface area contributed by atoms with Crippen LogP contribution in [0.25, 0.3) is 0 Å². The average molecular weight is 276 g/mol. The molecule has 1 aliphatic rings. The van der Waals surface area contributed by atoms with Gasteiger partial charge < -0.3 is 10.5 Å². The highest BCUT2D eigenvalue weighted by Gasteiger charge is 2.26. The molecule has 1 aliphatic heterocycles. The van der Waals surface area contributed by atoms with E-state index in [4.69, 9.17) is 10.5 Å². The lowest BCUT2D eigenvalue weighted by molar-refractivity contribution is 0.0984. The van der Waals surface area contributed by atoms with E-state index in [0.29, 0.717) is 12.1 Å². The van der Waals surface area contributed by atoms with Gasteiger partial charge in [0.2, 0.25) is 0 Å². The van der Waals surface area contributed by atoms with Crippen LogP contribution in [-0.4, -0.2) is 30.6 Å². The molecule has 0 amide bonds. The summed E-state index contributed by atoms with van der Waals surface area (Å²) in [7, 11) is 0. The maximum absolute atomic E-state index is 5.77. The molecular weight excluding hydrogens is 248 g/mol. The van der Waals surface area contributed by atoms with Crippen molar-refractivity contribution in [3.63, 3.8) is 0 Å². The number of rotatable bonds is 6. The van der Waals surface area contributed by atoms with E-state index in [1.807, 2.05) is 6.92 Å². The molecule has 20 heavy (non-hydrogen) atoms. The predicted molar refractivity (Wildman–Crippen MR) is 84.0 cm³/mol. The third kappa shape index (κ3) is 3.74. The monoisotopic (exact) mass is 276 g/mol. The molecule has 3 nitrogen and oxygen atoms in total. The predicted octanol–water partition coefficient (Wildman–Crippen LogP) is 3.35. The Morgan fingerprint density at radius 1 is 1.30 bits per heavy atom. The van der Waals surface area contributed by atoms with Gasteiger partial charge in [0, 0.05) is 12.1 Å². The summed E-state index contributed by atoms with van der Waals surface area (Å²) in [4.78, 5) is 2.63. The van der Waals surface area contributed by atoms with Crippen molar-refractivity contribution < 1.29 is 4.74 Å². The van der Waals surface area contributed by atoms with Crippen LogP contribution in [0.3, 0.4) is 0 Å². The van der Waals surface area contributed by atoms with Crippen molar-refractivity contribution >= 4 is 0 Å². The molecule has 0 saturated carbocycles. The lowest BCUT2D eigenvalue weighted by atomic mass is 9.95. The van der Waals surface area contributed by atoms with Gasteiger partial charge in [0.1, 0.15) is 5.75 Å². The van der Waals surface area contributed by atoms with Crippen LogP contribution in [0.15, 0.2) is 24.3 Å². The first-order valence-corrected chi connectivity index (χ1v) is 7.94. The Morgan fingerprint density at radius 3 is 2.70 bits per heavy atom.